The fourth-order valence-corrected chi connectivity index (χ4v) is 2.62. The summed E-state index contributed by atoms with van der Waals surface area (Å²) in [5.41, 5.74) is 5.92. The van der Waals surface area contributed by atoms with Gasteiger partial charge in [0.05, 0.1) is 19.3 Å². The highest BCUT2D eigenvalue weighted by Crippen LogP contribution is 2.41. The van der Waals surface area contributed by atoms with Crippen molar-refractivity contribution in [2.45, 2.75) is 50.9 Å². The van der Waals surface area contributed by atoms with Crippen LogP contribution < -0.4 is 5.73 Å². The summed E-state index contributed by atoms with van der Waals surface area (Å²) in [6.07, 6.45) is 4.81. The van der Waals surface area contributed by atoms with Gasteiger partial charge in [-0.2, -0.15) is 0 Å². The van der Waals surface area contributed by atoms with Gasteiger partial charge < -0.3 is 15.2 Å². The fraction of sp³-hybridized carbons (Fsp3) is 0.917. The van der Waals surface area contributed by atoms with E-state index in [1.165, 1.54) is 20.0 Å². The topological polar surface area (TPSA) is 61.5 Å². The van der Waals surface area contributed by atoms with Gasteiger partial charge in [0.1, 0.15) is 6.04 Å². The van der Waals surface area contributed by atoms with Crippen molar-refractivity contribution in [1.29, 1.82) is 0 Å². The monoisotopic (exact) mass is 227 g/mol. The van der Waals surface area contributed by atoms with Crippen LogP contribution in [-0.2, 0) is 14.3 Å². The van der Waals surface area contributed by atoms with Crippen LogP contribution in [0.1, 0.15) is 32.6 Å². The van der Waals surface area contributed by atoms with E-state index >= 15 is 0 Å². The summed E-state index contributed by atoms with van der Waals surface area (Å²) in [5, 5.41) is 0. The number of methoxy groups -OCH3 is 1. The smallest absolute Gasteiger partial charge is 0.322 e. The van der Waals surface area contributed by atoms with Crippen LogP contribution in [0, 0.1) is 11.8 Å². The molecule has 1 saturated heterocycles. The minimum atomic E-state index is -0.488. The molecule has 0 radical (unpaired) electrons. The lowest BCUT2D eigenvalue weighted by atomic mass is 9.85. The normalized spacial score (nSPS) is 36.8. The van der Waals surface area contributed by atoms with Gasteiger partial charge in [-0.1, -0.05) is 0 Å². The third-order valence-electron chi connectivity index (χ3n) is 3.71. The molecule has 0 bridgehead atoms. The van der Waals surface area contributed by atoms with Crippen molar-refractivity contribution in [3.8, 4) is 0 Å². The highest BCUT2D eigenvalue weighted by atomic mass is 16.5. The number of hydrogen-bond donors (Lipinski definition) is 1. The molecular formula is C12H21NO3. The second kappa shape index (κ2) is 4.72. The molecule has 1 saturated carbocycles. The Bertz CT molecular complexity index is 265. The molecule has 0 aromatic heterocycles. The minimum absolute atomic E-state index is 0.208. The zero-order valence-corrected chi connectivity index (χ0v) is 10.0. The van der Waals surface area contributed by atoms with Crippen molar-refractivity contribution >= 4 is 5.97 Å². The predicted molar refractivity (Wildman–Crippen MR) is 59.8 cm³/mol. The van der Waals surface area contributed by atoms with Crippen LogP contribution in [0.15, 0.2) is 0 Å². The van der Waals surface area contributed by atoms with Crippen LogP contribution in [-0.4, -0.2) is 31.3 Å². The van der Waals surface area contributed by atoms with Gasteiger partial charge in [0.2, 0.25) is 0 Å². The Morgan fingerprint density at radius 1 is 1.44 bits per heavy atom. The number of carbonyl (C=O) groups is 1. The summed E-state index contributed by atoms with van der Waals surface area (Å²) < 4.78 is 10.6. The first kappa shape index (κ1) is 11.9. The van der Waals surface area contributed by atoms with Crippen LogP contribution in [0.4, 0.5) is 0 Å². The molecule has 0 spiro atoms. The highest BCUT2D eigenvalue weighted by molar-refractivity contribution is 5.75. The maximum atomic E-state index is 11.4. The van der Waals surface area contributed by atoms with E-state index in [0.29, 0.717) is 12.0 Å². The second-order valence-corrected chi connectivity index (χ2v) is 5.10. The Balaban J connectivity index is 1.95. The molecule has 0 amide bonds. The Labute approximate surface area is 96.5 Å². The lowest BCUT2D eigenvalue weighted by Crippen LogP contribution is -2.45. The van der Waals surface area contributed by atoms with E-state index in [2.05, 4.69) is 6.92 Å². The maximum absolute atomic E-state index is 11.4. The van der Waals surface area contributed by atoms with Crippen molar-refractivity contribution in [3.63, 3.8) is 0 Å². The molecule has 4 heteroatoms. The number of nitrogens with two attached hydrogens (primary N) is 1. The lowest BCUT2D eigenvalue weighted by Gasteiger charge is -2.36. The van der Waals surface area contributed by atoms with E-state index in [1.807, 2.05) is 0 Å². The standard InChI is InChI=1S/C12H21NO3/c1-7-5-9(11(13)12(14)15-2)6-10(16-7)8-3-4-8/h7-11H,3-6,13H2,1-2H3/t7-,9+,10+,11+/m1/s1. The Morgan fingerprint density at radius 3 is 2.69 bits per heavy atom. The molecule has 2 rings (SSSR count). The third kappa shape index (κ3) is 2.55. The van der Waals surface area contributed by atoms with Gasteiger partial charge in [-0.15, -0.1) is 0 Å². The highest BCUT2D eigenvalue weighted by Gasteiger charge is 2.40. The van der Waals surface area contributed by atoms with E-state index in [4.69, 9.17) is 15.2 Å². The molecule has 2 aliphatic rings. The molecule has 4 atom stereocenters. The number of carbonyl (C=O) groups excluding carboxylic acids is 1. The predicted octanol–water partition coefficient (Wildman–Crippen LogP) is 1.08. The molecule has 1 heterocycles. The van der Waals surface area contributed by atoms with Gasteiger partial charge in [-0.05, 0) is 44.4 Å². The average molecular weight is 227 g/mol. The summed E-state index contributed by atoms with van der Waals surface area (Å²) in [5.74, 6) is 0.616. The van der Waals surface area contributed by atoms with E-state index in [-0.39, 0.29) is 18.0 Å². The van der Waals surface area contributed by atoms with Crippen LogP contribution in [0.5, 0.6) is 0 Å². The quantitative estimate of drug-likeness (QED) is 0.733. The summed E-state index contributed by atoms with van der Waals surface area (Å²) in [4.78, 5) is 11.4. The minimum Gasteiger partial charge on any atom is -0.468 e. The molecule has 0 aromatic carbocycles. The Morgan fingerprint density at radius 2 is 2.12 bits per heavy atom. The zero-order chi connectivity index (χ0) is 11.7. The van der Waals surface area contributed by atoms with Crippen molar-refractivity contribution in [2.75, 3.05) is 7.11 Å². The van der Waals surface area contributed by atoms with Gasteiger partial charge in [-0.3, -0.25) is 4.79 Å². The molecule has 1 aliphatic heterocycles. The van der Waals surface area contributed by atoms with E-state index in [9.17, 15) is 4.79 Å². The molecule has 2 N–H and O–H groups in total. The number of hydrogen-bond acceptors (Lipinski definition) is 4. The number of esters is 1. The van der Waals surface area contributed by atoms with E-state index in [0.717, 1.165) is 12.8 Å². The summed E-state index contributed by atoms with van der Waals surface area (Å²) in [6.45, 7) is 2.06. The molecule has 1 aliphatic carbocycles. The van der Waals surface area contributed by atoms with Crippen LogP contribution >= 0.6 is 0 Å². The molecule has 92 valence electrons. The Hall–Kier alpha value is -0.610. The van der Waals surface area contributed by atoms with Crippen LogP contribution in [0.2, 0.25) is 0 Å². The SMILES string of the molecule is COC(=O)[C@@H](N)[C@H]1C[C@@H](C)O[C@H](C2CC2)C1. The first-order valence-corrected chi connectivity index (χ1v) is 6.10. The average Bonchev–Trinajstić information content (AvgIpc) is 3.10. The zero-order valence-electron chi connectivity index (χ0n) is 10.0. The molecule has 4 nitrogen and oxygen atoms in total. The van der Waals surface area contributed by atoms with Gasteiger partial charge in [0.25, 0.3) is 0 Å². The molecular weight excluding hydrogens is 206 g/mol. The second-order valence-electron chi connectivity index (χ2n) is 5.10. The Kier molecular flexibility index (Phi) is 3.50. The van der Waals surface area contributed by atoms with Gasteiger partial charge in [0.15, 0.2) is 0 Å². The van der Waals surface area contributed by atoms with Crippen LogP contribution in [0.3, 0.4) is 0 Å². The molecule has 2 fully saturated rings. The summed E-state index contributed by atoms with van der Waals surface area (Å²) in [7, 11) is 1.39. The van der Waals surface area contributed by atoms with Gasteiger partial charge in [-0.25, -0.2) is 0 Å². The molecule has 0 unspecified atom stereocenters. The van der Waals surface area contributed by atoms with Crippen molar-refractivity contribution in [1.82, 2.24) is 0 Å². The summed E-state index contributed by atoms with van der Waals surface area (Å²) in [6, 6.07) is -0.488. The first-order valence-electron chi connectivity index (χ1n) is 6.10. The van der Waals surface area contributed by atoms with E-state index < -0.39 is 6.04 Å². The lowest BCUT2D eigenvalue weighted by molar-refractivity contribution is -0.146. The molecule has 0 aromatic rings. The number of rotatable bonds is 3. The van der Waals surface area contributed by atoms with Crippen molar-refractivity contribution in [2.24, 2.45) is 17.6 Å². The molecule has 16 heavy (non-hydrogen) atoms. The fourth-order valence-electron chi connectivity index (χ4n) is 2.62. The summed E-state index contributed by atoms with van der Waals surface area (Å²) >= 11 is 0. The maximum Gasteiger partial charge on any atom is 0.322 e. The first-order chi connectivity index (χ1) is 7.61. The number of ether oxygens (including phenoxy) is 2. The van der Waals surface area contributed by atoms with Crippen molar-refractivity contribution < 1.29 is 14.3 Å². The van der Waals surface area contributed by atoms with Crippen molar-refractivity contribution in [3.05, 3.63) is 0 Å². The van der Waals surface area contributed by atoms with Crippen LogP contribution in [0.25, 0.3) is 0 Å². The van der Waals surface area contributed by atoms with Gasteiger partial charge >= 0.3 is 5.97 Å². The third-order valence-corrected chi connectivity index (χ3v) is 3.71. The van der Waals surface area contributed by atoms with E-state index in [1.54, 1.807) is 0 Å². The van der Waals surface area contributed by atoms with Gasteiger partial charge in [0, 0.05) is 0 Å². The largest absolute Gasteiger partial charge is 0.468 e.